The molecule has 114 valence electrons. The van der Waals surface area contributed by atoms with Crippen molar-refractivity contribution in [1.29, 1.82) is 0 Å². The molecule has 0 aliphatic heterocycles. The van der Waals surface area contributed by atoms with Crippen LogP contribution in [-0.4, -0.2) is 24.5 Å². The quantitative estimate of drug-likeness (QED) is 0.578. The second-order valence-corrected chi connectivity index (χ2v) is 5.56. The average Bonchev–Trinajstić information content (AvgIpc) is 3.13. The van der Waals surface area contributed by atoms with Gasteiger partial charge in [0.2, 0.25) is 0 Å². The van der Waals surface area contributed by atoms with E-state index in [1.54, 1.807) is 4.68 Å². The lowest BCUT2D eigenvalue weighted by atomic mass is 10.1. The smallest absolute Gasteiger partial charge is 0.113 e. The van der Waals surface area contributed by atoms with Gasteiger partial charge >= 0.3 is 0 Å². The van der Waals surface area contributed by atoms with Crippen LogP contribution in [0.25, 0.3) is 28.0 Å². The van der Waals surface area contributed by atoms with Gasteiger partial charge in [-0.15, -0.1) is 5.10 Å². The molecule has 0 fully saturated rings. The fourth-order valence-corrected chi connectivity index (χ4v) is 2.67. The van der Waals surface area contributed by atoms with E-state index in [1.165, 1.54) is 0 Å². The molecule has 0 radical (unpaired) electrons. The molecular weight excluding hydrogens is 288 g/mol. The monoisotopic (exact) mass is 304 g/mol. The van der Waals surface area contributed by atoms with Crippen LogP contribution in [-0.2, 0) is 7.05 Å². The SMILES string of the molecule is Cc1nc2cc(-c3cn(-c4cccc(N)c4)nn3)ccc2n1C. The lowest BCUT2D eigenvalue weighted by molar-refractivity contribution is 0.804. The van der Waals surface area contributed by atoms with Gasteiger partial charge in [-0.2, -0.15) is 0 Å². The third-order valence-corrected chi connectivity index (χ3v) is 4.03. The third-order valence-electron chi connectivity index (χ3n) is 4.03. The Morgan fingerprint density at radius 3 is 2.78 bits per heavy atom. The van der Waals surface area contributed by atoms with Crippen molar-refractivity contribution in [2.24, 2.45) is 7.05 Å². The highest BCUT2D eigenvalue weighted by Gasteiger charge is 2.09. The number of aromatic nitrogens is 5. The molecule has 2 aromatic carbocycles. The molecule has 6 heteroatoms. The van der Waals surface area contributed by atoms with Crippen molar-refractivity contribution in [1.82, 2.24) is 24.5 Å². The molecule has 6 nitrogen and oxygen atoms in total. The number of anilines is 1. The number of fused-ring (bicyclic) bond motifs is 1. The number of aryl methyl sites for hydroxylation is 2. The number of rotatable bonds is 2. The van der Waals surface area contributed by atoms with Gasteiger partial charge < -0.3 is 10.3 Å². The Hall–Kier alpha value is -3.15. The van der Waals surface area contributed by atoms with E-state index in [-0.39, 0.29) is 0 Å². The van der Waals surface area contributed by atoms with E-state index in [1.807, 2.05) is 56.6 Å². The normalized spacial score (nSPS) is 11.2. The number of hydrogen-bond acceptors (Lipinski definition) is 4. The predicted octanol–water partition coefficient (Wildman–Crippen LogP) is 2.71. The second-order valence-electron chi connectivity index (χ2n) is 5.56. The van der Waals surface area contributed by atoms with E-state index >= 15 is 0 Å². The van der Waals surface area contributed by atoms with Gasteiger partial charge in [-0.1, -0.05) is 17.3 Å². The van der Waals surface area contributed by atoms with Crippen LogP contribution < -0.4 is 5.73 Å². The minimum atomic E-state index is 0.699. The fourth-order valence-electron chi connectivity index (χ4n) is 2.67. The molecule has 0 spiro atoms. The number of benzene rings is 2. The molecule has 0 amide bonds. The van der Waals surface area contributed by atoms with Crippen LogP contribution in [0.15, 0.2) is 48.7 Å². The minimum Gasteiger partial charge on any atom is -0.399 e. The van der Waals surface area contributed by atoms with E-state index < -0.39 is 0 Å². The zero-order chi connectivity index (χ0) is 16.0. The molecule has 4 aromatic rings. The summed E-state index contributed by atoms with van der Waals surface area (Å²) >= 11 is 0. The highest BCUT2D eigenvalue weighted by molar-refractivity contribution is 5.81. The average molecular weight is 304 g/mol. The molecule has 2 aromatic heterocycles. The van der Waals surface area contributed by atoms with Crippen molar-refractivity contribution >= 4 is 16.7 Å². The molecule has 2 heterocycles. The zero-order valence-corrected chi connectivity index (χ0v) is 12.9. The lowest BCUT2D eigenvalue weighted by Gasteiger charge is -2.00. The van der Waals surface area contributed by atoms with Crippen LogP contribution in [0.4, 0.5) is 5.69 Å². The summed E-state index contributed by atoms with van der Waals surface area (Å²) in [6.45, 7) is 2.00. The van der Waals surface area contributed by atoms with Crippen molar-refractivity contribution < 1.29 is 0 Å². The minimum absolute atomic E-state index is 0.699. The van der Waals surface area contributed by atoms with Crippen molar-refractivity contribution in [3.8, 4) is 16.9 Å². The maximum atomic E-state index is 5.82. The Kier molecular flexibility index (Phi) is 2.90. The van der Waals surface area contributed by atoms with E-state index in [9.17, 15) is 0 Å². The first-order valence-corrected chi connectivity index (χ1v) is 7.33. The van der Waals surface area contributed by atoms with E-state index in [0.29, 0.717) is 5.69 Å². The molecule has 2 N–H and O–H groups in total. The summed E-state index contributed by atoms with van der Waals surface area (Å²) < 4.78 is 3.79. The number of imidazole rings is 1. The maximum Gasteiger partial charge on any atom is 0.113 e. The molecule has 0 bridgehead atoms. The van der Waals surface area contributed by atoms with Crippen molar-refractivity contribution in [2.45, 2.75) is 6.92 Å². The zero-order valence-electron chi connectivity index (χ0n) is 12.9. The Morgan fingerprint density at radius 2 is 1.96 bits per heavy atom. The maximum absolute atomic E-state index is 5.82. The molecule has 0 unspecified atom stereocenters. The molecule has 4 rings (SSSR count). The Bertz CT molecular complexity index is 1010. The summed E-state index contributed by atoms with van der Waals surface area (Å²) in [5, 5.41) is 8.46. The van der Waals surface area contributed by atoms with Gasteiger partial charge in [0.15, 0.2) is 0 Å². The molecule has 23 heavy (non-hydrogen) atoms. The molecule has 0 aliphatic carbocycles. The summed E-state index contributed by atoms with van der Waals surface area (Å²) in [5.74, 6) is 0.987. The van der Waals surface area contributed by atoms with Crippen molar-refractivity contribution in [2.75, 3.05) is 5.73 Å². The summed E-state index contributed by atoms with van der Waals surface area (Å²) in [4.78, 5) is 4.57. The Morgan fingerprint density at radius 1 is 1.09 bits per heavy atom. The van der Waals surface area contributed by atoms with E-state index in [0.717, 1.165) is 33.8 Å². The Labute approximate surface area is 133 Å². The standard InChI is InChI=1S/C17H16N6/c1-11-19-15-8-12(6-7-17(15)22(11)2)16-10-23(21-20-16)14-5-3-4-13(18)9-14/h3-10H,18H2,1-2H3. The first-order chi connectivity index (χ1) is 11.1. The first-order valence-electron chi connectivity index (χ1n) is 7.33. The van der Waals surface area contributed by atoms with Gasteiger partial charge in [-0.3, -0.25) is 0 Å². The van der Waals surface area contributed by atoms with E-state index in [4.69, 9.17) is 5.73 Å². The number of nitrogens with two attached hydrogens (primary N) is 1. The van der Waals surface area contributed by atoms with Crippen LogP contribution in [0.1, 0.15) is 5.82 Å². The van der Waals surface area contributed by atoms with E-state index in [2.05, 4.69) is 25.9 Å². The van der Waals surface area contributed by atoms with Crippen LogP contribution in [0, 0.1) is 6.92 Å². The van der Waals surface area contributed by atoms with Crippen molar-refractivity contribution in [3.63, 3.8) is 0 Å². The van der Waals surface area contributed by atoms with Crippen molar-refractivity contribution in [3.05, 3.63) is 54.5 Å². The number of nitrogen functional groups attached to an aromatic ring is 1. The number of hydrogen-bond donors (Lipinski definition) is 1. The highest BCUT2D eigenvalue weighted by atomic mass is 15.4. The Balaban J connectivity index is 1.77. The van der Waals surface area contributed by atoms with Gasteiger partial charge in [-0.25, -0.2) is 9.67 Å². The topological polar surface area (TPSA) is 74.6 Å². The summed E-state index contributed by atoms with van der Waals surface area (Å²) in [5.41, 5.74) is 11.3. The summed E-state index contributed by atoms with van der Waals surface area (Å²) in [7, 11) is 2.01. The molecule has 0 atom stereocenters. The largest absolute Gasteiger partial charge is 0.399 e. The van der Waals surface area contributed by atoms with Gasteiger partial charge in [0.05, 0.1) is 22.9 Å². The first kappa shape index (κ1) is 13.5. The molecule has 0 saturated heterocycles. The van der Waals surface area contributed by atoms with Crippen LogP contribution in [0.2, 0.25) is 0 Å². The fraction of sp³-hybridized carbons (Fsp3) is 0.118. The number of nitrogens with zero attached hydrogens (tertiary/aromatic N) is 5. The highest BCUT2D eigenvalue weighted by Crippen LogP contribution is 2.23. The second kappa shape index (κ2) is 4.95. The lowest BCUT2D eigenvalue weighted by Crippen LogP contribution is -1.95. The van der Waals surface area contributed by atoms with Gasteiger partial charge in [0, 0.05) is 18.3 Å². The van der Waals surface area contributed by atoms with Crippen LogP contribution >= 0.6 is 0 Å². The predicted molar refractivity (Wildman–Crippen MR) is 90.2 cm³/mol. The molecular formula is C17H16N6. The summed E-state index contributed by atoms with van der Waals surface area (Å²) in [6, 6.07) is 13.7. The summed E-state index contributed by atoms with van der Waals surface area (Å²) in [6.07, 6.45) is 1.89. The van der Waals surface area contributed by atoms with Crippen LogP contribution in [0.5, 0.6) is 0 Å². The van der Waals surface area contributed by atoms with Gasteiger partial charge in [0.25, 0.3) is 0 Å². The third kappa shape index (κ3) is 2.24. The van der Waals surface area contributed by atoms with Gasteiger partial charge in [0.1, 0.15) is 11.5 Å². The molecule has 0 saturated carbocycles. The van der Waals surface area contributed by atoms with Gasteiger partial charge in [-0.05, 0) is 37.3 Å². The molecule has 0 aliphatic rings. The van der Waals surface area contributed by atoms with Crippen LogP contribution in [0.3, 0.4) is 0 Å².